The van der Waals surface area contributed by atoms with Crippen LogP contribution >= 0.6 is 0 Å². The summed E-state index contributed by atoms with van der Waals surface area (Å²) in [5.41, 5.74) is 0. The number of allylic oxidation sites excluding steroid dienone is 27. The van der Waals surface area contributed by atoms with E-state index in [1.807, 2.05) is 6.08 Å². The minimum absolute atomic E-state index is 0.111. The summed E-state index contributed by atoms with van der Waals surface area (Å²) in [7, 11) is 0. The largest absolute Gasteiger partial charge is 0.462 e. The summed E-state index contributed by atoms with van der Waals surface area (Å²) in [6, 6.07) is 0. The molecule has 6 heteroatoms. The molecule has 0 rings (SSSR count). The van der Waals surface area contributed by atoms with Crippen LogP contribution in [0.5, 0.6) is 0 Å². The van der Waals surface area contributed by atoms with Crippen molar-refractivity contribution >= 4 is 17.9 Å². The van der Waals surface area contributed by atoms with E-state index < -0.39 is 12.1 Å². The summed E-state index contributed by atoms with van der Waals surface area (Å²) >= 11 is 0. The molecule has 0 saturated heterocycles. The average molecular weight is 1140 g/mol. The molecule has 1 unspecified atom stereocenters. The third kappa shape index (κ3) is 67.4. The Labute approximate surface area is 511 Å². The molecule has 466 valence electrons. The fraction of sp³-hybridized carbons (Fsp3) is 0.597. The molecule has 1 atom stereocenters. The lowest BCUT2D eigenvalue weighted by atomic mass is 10.0. The van der Waals surface area contributed by atoms with Crippen LogP contribution in [0.3, 0.4) is 0 Å². The molecule has 0 bridgehead atoms. The lowest BCUT2D eigenvalue weighted by Crippen LogP contribution is -2.30. The molecule has 0 spiro atoms. The Kier molecular flexibility index (Phi) is 64.9. The Balaban J connectivity index is 4.52. The molecule has 0 fully saturated rings. The molecule has 0 saturated carbocycles. The fourth-order valence-electron chi connectivity index (χ4n) is 8.76. The SMILES string of the molecule is CC/C=C\C/C=C\C/C=C\C/C=C\C/C=C\C/C=C\C/C=C\C/C=C\CCCCC(=O)OCC(COC(=O)C/C=C\C/C=C\C/C=C\C/C=C\C/C=C\CC)OC(=O)CCCCCCCCCCCCC/C=C\CCCCCCCCCC. The second-order valence-corrected chi connectivity index (χ2v) is 21.6. The number of esters is 3. The quantitative estimate of drug-likeness (QED) is 0.0261. The van der Waals surface area contributed by atoms with Gasteiger partial charge < -0.3 is 14.2 Å². The fourth-order valence-corrected chi connectivity index (χ4v) is 8.76. The Morgan fingerprint density at radius 1 is 0.265 bits per heavy atom. The minimum atomic E-state index is -0.847. The first-order valence-electron chi connectivity index (χ1n) is 33.6. The van der Waals surface area contributed by atoms with E-state index in [0.29, 0.717) is 12.8 Å². The zero-order valence-electron chi connectivity index (χ0n) is 53.4. The van der Waals surface area contributed by atoms with Crippen LogP contribution < -0.4 is 0 Å². The van der Waals surface area contributed by atoms with Gasteiger partial charge in [0.05, 0.1) is 6.42 Å². The number of hydrogen-bond acceptors (Lipinski definition) is 6. The van der Waals surface area contributed by atoms with Gasteiger partial charge in [0, 0.05) is 12.8 Å². The predicted octanol–water partition coefficient (Wildman–Crippen LogP) is 23.4. The van der Waals surface area contributed by atoms with Gasteiger partial charge in [-0.2, -0.15) is 0 Å². The van der Waals surface area contributed by atoms with Crippen LogP contribution in [0.15, 0.2) is 170 Å². The van der Waals surface area contributed by atoms with Crippen LogP contribution in [0, 0.1) is 0 Å². The first-order chi connectivity index (χ1) is 41.0. The lowest BCUT2D eigenvalue weighted by Gasteiger charge is -2.18. The van der Waals surface area contributed by atoms with E-state index in [1.54, 1.807) is 6.08 Å². The van der Waals surface area contributed by atoms with Crippen LogP contribution in [0.2, 0.25) is 0 Å². The second kappa shape index (κ2) is 69.3. The van der Waals surface area contributed by atoms with E-state index >= 15 is 0 Å². The smallest absolute Gasteiger partial charge is 0.309 e. The topological polar surface area (TPSA) is 78.9 Å². The van der Waals surface area contributed by atoms with E-state index in [2.05, 4.69) is 179 Å². The molecule has 0 aliphatic heterocycles. The predicted molar refractivity (Wildman–Crippen MR) is 361 cm³/mol. The highest BCUT2D eigenvalue weighted by Gasteiger charge is 2.19. The Hall–Kier alpha value is -5.23. The van der Waals surface area contributed by atoms with Gasteiger partial charge in [0.15, 0.2) is 6.10 Å². The molecular weight excluding hydrogens is 1020 g/mol. The van der Waals surface area contributed by atoms with Crippen LogP contribution in [0.4, 0.5) is 0 Å². The maximum absolute atomic E-state index is 12.9. The van der Waals surface area contributed by atoms with E-state index in [9.17, 15) is 14.4 Å². The van der Waals surface area contributed by atoms with Gasteiger partial charge in [-0.3, -0.25) is 14.4 Å². The molecule has 0 aromatic rings. The third-order valence-corrected chi connectivity index (χ3v) is 13.7. The van der Waals surface area contributed by atoms with Gasteiger partial charge in [-0.25, -0.2) is 0 Å². The van der Waals surface area contributed by atoms with Crippen LogP contribution in [0.25, 0.3) is 0 Å². The minimum Gasteiger partial charge on any atom is -0.462 e. The van der Waals surface area contributed by atoms with Crippen LogP contribution in [-0.2, 0) is 28.6 Å². The Bertz CT molecular complexity index is 1890. The van der Waals surface area contributed by atoms with E-state index in [1.165, 1.54) is 116 Å². The first-order valence-corrected chi connectivity index (χ1v) is 33.6. The van der Waals surface area contributed by atoms with Gasteiger partial charge >= 0.3 is 17.9 Å². The first kappa shape index (κ1) is 77.8. The number of carbonyl (C=O) groups is 3. The molecule has 0 heterocycles. The summed E-state index contributed by atoms with van der Waals surface area (Å²) in [6.07, 6.45) is 103. The normalized spacial score (nSPS) is 13.2. The number of hydrogen-bond donors (Lipinski definition) is 0. The van der Waals surface area contributed by atoms with Crippen molar-refractivity contribution in [1.82, 2.24) is 0 Å². The monoisotopic (exact) mass is 1140 g/mol. The van der Waals surface area contributed by atoms with Crippen molar-refractivity contribution in [1.29, 1.82) is 0 Å². The van der Waals surface area contributed by atoms with Gasteiger partial charge in [0.2, 0.25) is 0 Å². The molecule has 6 nitrogen and oxygen atoms in total. The second-order valence-electron chi connectivity index (χ2n) is 21.6. The summed E-state index contributed by atoms with van der Waals surface area (Å²) in [6.45, 7) is 6.29. The van der Waals surface area contributed by atoms with Crippen molar-refractivity contribution in [2.45, 2.75) is 284 Å². The third-order valence-electron chi connectivity index (χ3n) is 13.7. The highest BCUT2D eigenvalue weighted by molar-refractivity contribution is 5.72. The van der Waals surface area contributed by atoms with Gasteiger partial charge in [-0.05, 0) is 135 Å². The number of unbranched alkanes of at least 4 members (excludes halogenated alkanes) is 21. The maximum atomic E-state index is 12.9. The number of carbonyl (C=O) groups excluding carboxylic acids is 3. The van der Waals surface area contributed by atoms with Gasteiger partial charge in [0.25, 0.3) is 0 Å². The summed E-state index contributed by atoms with van der Waals surface area (Å²) < 4.78 is 16.8. The molecule has 0 aromatic carbocycles. The van der Waals surface area contributed by atoms with Gasteiger partial charge in [-0.1, -0.05) is 294 Å². The van der Waals surface area contributed by atoms with Crippen LogP contribution in [-0.4, -0.2) is 37.2 Å². The van der Waals surface area contributed by atoms with E-state index in [-0.39, 0.29) is 38.0 Å². The number of rotatable bonds is 59. The zero-order chi connectivity index (χ0) is 59.9. The average Bonchev–Trinajstić information content (AvgIpc) is 3.49. The van der Waals surface area contributed by atoms with E-state index in [4.69, 9.17) is 14.2 Å². The van der Waals surface area contributed by atoms with Crippen molar-refractivity contribution in [2.24, 2.45) is 0 Å². The van der Waals surface area contributed by atoms with E-state index in [0.717, 1.165) is 116 Å². The number of ether oxygens (including phenoxy) is 3. The standard InChI is InChI=1S/C77H122O6/c1-4-7-10-13-16-19-22-25-28-30-32-34-36-37-38-39-41-42-44-46-49-52-55-58-61-64-67-70-76(79)82-73-74(72-81-75(78)69-66-63-60-57-54-51-48-27-24-21-18-15-12-9-6-3)83-77(80)71-68-65-62-59-56-53-50-47-45-43-40-35-33-31-29-26-23-20-17-14-11-8-5-2/h7,9-10,12,16,18-19,21,25,27-28,31-34,37-38,41-42,46,48-49,54-55,57-58,63,66,74H,4-6,8,11,13-15,17,20,22-24,26,29-30,35-36,39-40,43-45,47,50-53,56,59-62,64-65,67-73H2,1-3H3/b10-7-,12-9-,19-16-,21-18-,28-25-,33-31-,34-32-,38-37-,42-41-,48-27-,49-46-,57-54-,58-55-,66-63-. The summed E-state index contributed by atoms with van der Waals surface area (Å²) in [5.74, 6) is -1.11. The summed E-state index contributed by atoms with van der Waals surface area (Å²) in [5, 5.41) is 0. The summed E-state index contributed by atoms with van der Waals surface area (Å²) in [4.78, 5) is 38.3. The van der Waals surface area contributed by atoms with Gasteiger partial charge in [-0.15, -0.1) is 0 Å². The van der Waals surface area contributed by atoms with Crippen molar-refractivity contribution < 1.29 is 28.6 Å². The zero-order valence-corrected chi connectivity index (χ0v) is 53.4. The Morgan fingerprint density at radius 2 is 0.518 bits per heavy atom. The Morgan fingerprint density at radius 3 is 0.880 bits per heavy atom. The molecule has 0 amide bonds. The molecule has 0 aromatic heterocycles. The molecule has 0 aliphatic carbocycles. The highest BCUT2D eigenvalue weighted by Crippen LogP contribution is 2.15. The molecule has 83 heavy (non-hydrogen) atoms. The van der Waals surface area contributed by atoms with Crippen molar-refractivity contribution in [2.75, 3.05) is 13.2 Å². The lowest BCUT2D eigenvalue weighted by molar-refractivity contribution is -0.166. The molecule has 0 radical (unpaired) electrons. The molecule has 0 aliphatic rings. The van der Waals surface area contributed by atoms with Crippen LogP contribution in [0.1, 0.15) is 278 Å². The molecule has 0 N–H and O–H groups in total. The van der Waals surface area contributed by atoms with Crippen molar-refractivity contribution in [3.63, 3.8) is 0 Å². The van der Waals surface area contributed by atoms with Gasteiger partial charge in [0.1, 0.15) is 13.2 Å². The highest BCUT2D eigenvalue weighted by atomic mass is 16.6. The maximum Gasteiger partial charge on any atom is 0.309 e. The van der Waals surface area contributed by atoms with Crippen molar-refractivity contribution in [3.05, 3.63) is 170 Å². The molecular formula is C77H122O6. The van der Waals surface area contributed by atoms with Crippen molar-refractivity contribution in [3.8, 4) is 0 Å².